The first-order valence-electron chi connectivity index (χ1n) is 6.88. The van der Waals surface area contributed by atoms with Crippen molar-refractivity contribution in [1.82, 2.24) is 15.3 Å². The number of rotatable bonds is 5. The van der Waals surface area contributed by atoms with Gasteiger partial charge in [0.05, 0.1) is 5.52 Å². The molecule has 0 saturated heterocycles. The third-order valence-electron chi connectivity index (χ3n) is 3.16. The highest BCUT2D eigenvalue weighted by atomic mass is 32.1. The molecule has 0 fully saturated rings. The molecule has 0 aliphatic carbocycles. The van der Waals surface area contributed by atoms with Gasteiger partial charge in [-0.2, -0.15) is 0 Å². The lowest BCUT2D eigenvalue weighted by Gasteiger charge is -2.02. The number of thiazole rings is 1. The molecule has 0 bridgehead atoms. The number of para-hydroxylation sites is 1. The third-order valence-corrected chi connectivity index (χ3v) is 4.19. The van der Waals surface area contributed by atoms with Gasteiger partial charge >= 0.3 is 0 Å². The molecule has 0 unspecified atom stereocenters. The molecule has 0 radical (unpaired) electrons. The molecule has 3 rings (SSSR count). The average Bonchev–Trinajstić information content (AvgIpc) is 2.96. The van der Waals surface area contributed by atoms with Crippen molar-refractivity contribution in [2.45, 2.75) is 19.9 Å². The van der Waals surface area contributed by atoms with Gasteiger partial charge in [0.15, 0.2) is 0 Å². The summed E-state index contributed by atoms with van der Waals surface area (Å²) in [6.07, 6.45) is 4.98. The standard InChI is InChI=1S/C16H17N3S/c1-2-8-17-10-12-11-19-16(20-12)14-7-9-18-15-6-4-3-5-13(14)15/h3-7,9,11,17H,2,8,10H2,1H3. The van der Waals surface area contributed by atoms with E-state index >= 15 is 0 Å². The number of fused-ring (bicyclic) bond motifs is 1. The minimum absolute atomic E-state index is 0.897. The van der Waals surface area contributed by atoms with E-state index in [1.165, 1.54) is 10.4 Å². The fourth-order valence-electron chi connectivity index (χ4n) is 2.18. The van der Waals surface area contributed by atoms with Crippen LogP contribution in [0.3, 0.4) is 0 Å². The summed E-state index contributed by atoms with van der Waals surface area (Å²) >= 11 is 1.75. The Labute approximate surface area is 122 Å². The van der Waals surface area contributed by atoms with E-state index in [9.17, 15) is 0 Å². The van der Waals surface area contributed by atoms with Crippen LogP contribution in [0.5, 0.6) is 0 Å². The van der Waals surface area contributed by atoms with Crippen LogP contribution in [0.25, 0.3) is 21.5 Å². The lowest BCUT2D eigenvalue weighted by atomic mass is 10.1. The number of benzene rings is 1. The Bertz CT molecular complexity index is 700. The quantitative estimate of drug-likeness (QED) is 0.723. The summed E-state index contributed by atoms with van der Waals surface area (Å²) in [5, 5.41) is 5.64. The Hall–Kier alpha value is -1.78. The molecule has 102 valence electrons. The SMILES string of the molecule is CCCNCc1cnc(-c2ccnc3ccccc23)s1. The first-order chi connectivity index (χ1) is 9.88. The molecule has 0 amide bonds. The van der Waals surface area contributed by atoms with Gasteiger partial charge in [-0.3, -0.25) is 4.98 Å². The van der Waals surface area contributed by atoms with Crippen LogP contribution >= 0.6 is 11.3 Å². The van der Waals surface area contributed by atoms with E-state index in [4.69, 9.17) is 0 Å². The van der Waals surface area contributed by atoms with Crippen LogP contribution in [0.1, 0.15) is 18.2 Å². The molecule has 0 atom stereocenters. The van der Waals surface area contributed by atoms with Crippen molar-refractivity contribution < 1.29 is 0 Å². The summed E-state index contributed by atoms with van der Waals surface area (Å²) in [4.78, 5) is 10.2. The van der Waals surface area contributed by atoms with Gasteiger partial charge in [-0.15, -0.1) is 11.3 Å². The molecule has 0 aliphatic heterocycles. The predicted molar refractivity (Wildman–Crippen MR) is 84.8 cm³/mol. The monoisotopic (exact) mass is 283 g/mol. The fraction of sp³-hybridized carbons (Fsp3) is 0.250. The van der Waals surface area contributed by atoms with E-state index in [-0.39, 0.29) is 0 Å². The summed E-state index contributed by atoms with van der Waals surface area (Å²) in [6.45, 7) is 4.12. The maximum atomic E-state index is 4.57. The van der Waals surface area contributed by atoms with Crippen molar-refractivity contribution in [3.05, 3.63) is 47.6 Å². The van der Waals surface area contributed by atoms with Gasteiger partial charge in [0.25, 0.3) is 0 Å². The summed E-state index contributed by atoms with van der Waals surface area (Å²) in [7, 11) is 0. The molecule has 3 aromatic rings. The van der Waals surface area contributed by atoms with Crippen LogP contribution in [-0.2, 0) is 6.54 Å². The van der Waals surface area contributed by atoms with Crippen LogP contribution in [0.2, 0.25) is 0 Å². The van der Waals surface area contributed by atoms with E-state index < -0.39 is 0 Å². The van der Waals surface area contributed by atoms with Crippen molar-refractivity contribution >= 4 is 22.2 Å². The Morgan fingerprint density at radius 2 is 2.05 bits per heavy atom. The molecule has 0 aliphatic rings. The number of pyridine rings is 1. The van der Waals surface area contributed by atoms with Crippen molar-refractivity contribution in [1.29, 1.82) is 0 Å². The second-order valence-corrected chi connectivity index (χ2v) is 5.80. The second-order valence-electron chi connectivity index (χ2n) is 4.68. The molecule has 0 spiro atoms. The first kappa shape index (κ1) is 13.2. The minimum atomic E-state index is 0.897. The van der Waals surface area contributed by atoms with Gasteiger partial charge in [-0.1, -0.05) is 25.1 Å². The molecule has 2 heterocycles. The first-order valence-corrected chi connectivity index (χ1v) is 7.69. The number of aromatic nitrogens is 2. The number of nitrogens with zero attached hydrogens (tertiary/aromatic N) is 2. The molecule has 1 aromatic carbocycles. The Morgan fingerprint density at radius 3 is 2.95 bits per heavy atom. The van der Waals surface area contributed by atoms with Gasteiger partial charge in [0.1, 0.15) is 5.01 Å². The summed E-state index contributed by atoms with van der Waals surface area (Å²) in [5.74, 6) is 0. The molecule has 4 heteroatoms. The molecular weight excluding hydrogens is 266 g/mol. The van der Waals surface area contributed by atoms with Crippen LogP contribution in [-0.4, -0.2) is 16.5 Å². The maximum absolute atomic E-state index is 4.57. The summed E-state index contributed by atoms with van der Waals surface area (Å²) in [5.41, 5.74) is 2.19. The van der Waals surface area contributed by atoms with E-state index in [2.05, 4.69) is 28.3 Å². The number of hydrogen-bond acceptors (Lipinski definition) is 4. The normalized spacial score (nSPS) is 11.1. The van der Waals surface area contributed by atoms with Gasteiger partial charge in [-0.25, -0.2) is 4.98 Å². The average molecular weight is 283 g/mol. The molecular formula is C16H17N3S. The van der Waals surface area contributed by atoms with Crippen molar-refractivity contribution in [2.75, 3.05) is 6.54 Å². The highest BCUT2D eigenvalue weighted by Crippen LogP contribution is 2.30. The van der Waals surface area contributed by atoms with Crippen molar-refractivity contribution in [3.8, 4) is 10.6 Å². The minimum Gasteiger partial charge on any atom is -0.312 e. The van der Waals surface area contributed by atoms with Crippen molar-refractivity contribution in [2.24, 2.45) is 0 Å². The topological polar surface area (TPSA) is 37.8 Å². The zero-order valence-corrected chi connectivity index (χ0v) is 12.3. The van der Waals surface area contributed by atoms with E-state index in [0.29, 0.717) is 0 Å². The largest absolute Gasteiger partial charge is 0.312 e. The highest BCUT2D eigenvalue weighted by molar-refractivity contribution is 7.15. The highest BCUT2D eigenvalue weighted by Gasteiger charge is 2.08. The molecule has 1 N–H and O–H groups in total. The maximum Gasteiger partial charge on any atom is 0.124 e. The second kappa shape index (κ2) is 6.11. The smallest absolute Gasteiger partial charge is 0.124 e. The molecule has 0 saturated carbocycles. The van der Waals surface area contributed by atoms with Gasteiger partial charge in [-0.05, 0) is 25.1 Å². The summed E-state index contributed by atoms with van der Waals surface area (Å²) < 4.78 is 0. The number of hydrogen-bond donors (Lipinski definition) is 1. The Kier molecular flexibility index (Phi) is 4.04. The molecule has 3 nitrogen and oxygen atoms in total. The van der Waals surface area contributed by atoms with Crippen LogP contribution in [0.15, 0.2) is 42.7 Å². The molecule has 20 heavy (non-hydrogen) atoms. The fourth-order valence-corrected chi connectivity index (χ4v) is 3.11. The van der Waals surface area contributed by atoms with Crippen LogP contribution in [0, 0.1) is 0 Å². The van der Waals surface area contributed by atoms with E-state index in [1.807, 2.05) is 36.7 Å². The van der Waals surface area contributed by atoms with Crippen LogP contribution < -0.4 is 5.32 Å². The Morgan fingerprint density at radius 1 is 1.15 bits per heavy atom. The van der Waals surface area contributed by atoms with Gasteiger partial charge in [0.2, 0.25) is 0 Å². The van der Waals surface area contributed by atoms with Crippen molar-refractivity contribution in [3.63, 3.8) is 0 Å². The van der Waals surface area contributed by atoms with E-state index in [0.717, 1.165) is 35.4 Å². The Balaban J connectivity index is 1.91. The predicted octanol–water partition coefficient (Wildman–Crippen LogP) is 3.86. The number of nitrogens with one attached hydrogen (secondary N) is 1. The third kappa shape index (κ3) is 2.71. The summed E-state index contributed by atoms with van der Waals surface area (Å²) in [6, 6.07) is 10.3. The van der Waals surface area contributed by atoms with E-state index in [1.54, 1.807) is 11.3 Å². The lowest BCUT2D eigenvalue weighted by Crippen LogP contribution is -2.12. The zero-order chi connectivity index (χ0) is 13.8. The van der Waals surface area contributed by atoms with Gasteiger partial charge in [0, 0.05) is 34.8 Å². The van der Waals surface area contributed by atoms with Gasteiger partial charge < -0.3 is 5.32 Å². The van der Waals surface area contributed by atoms with Crippen LogP contribution in [0.4, 0.5) is 0 Å². The molecule has 2 aromatic heterocycles. The lowest BCUT2D eigenvalue weighted by molar-refractivity contribution is 0.681. The zero-order valence-electron chi connectivity index (χ0n) is 11.5.